The van der Waals surface area contributed by atoms with Gasteiger partial charge in [0.1, 0.15) is 0 Å². The molecule has 0 spiro atoms. The average molecular weight is 406 g/mol. The summed E-state index contributed by atoms with van der Waals surface area (Å²) in [7, 11) is -2.24. The molecule has 0 bridgehead atoms. The van der Waals surface area contributed by atoms with Crippen molar-refractivity contribution in [2.45, 2.75) is 38.6 Å². The van der Waals surface area contributed by atoms with Crippen LogP contribution in [0.25, 0.3) is 0 Å². The smallest absolute Gasteiger partial charge is 0.241 e. The number of methoxy groups -OCH3 is 1. The van der Waals surface area contributed by atoms with Crippen molar-refractivity contribution >= 4 is 15.8 Å². The van der Waals surface area contributed by atoms with E-state index in [9.17, 15) is 13.2 Å². The Labute approximate surface area is 166 Å². The number of benzene rings is 2. The van der Waals surface area contributed by atoms with E-state index in [4.69, 9.17) is 9.47 Å². The molecule has 2 rings (SSSR count). The first-order valence-corrected chi connectivity index (χ1v) is 10.6. The van der Waals surface area contributed by atoms with Gasteiger partial charge in [-0.25, -0.2) is 13.1 Å². The van der Waals surface area contributed by atoms with Gasteiger partial charge in [-0.05, 0) is 49.6 Å². The van der Waals surface area contributed by atoms with Crippen molar-refractivity contribution in [1.29, 1.82) is 0 Å². The molecule has 0 aliphatic carbocycles. The lowest BCUT2D eigenvalue weighted by atomic mass is 10.1. The van der Waals surface area contributed by atoms with E-state index in [1.54, 1.807) is 44.4 Å². The Morgan fingerprint density at radius 2 is 1.79 bits per heavy atom. The van der Waals surface area contributed by atoms with Crippen molar-refractivity contribution in [3.05, 3.63) is 53.6 Å². The van der Waals surface area contributed by atoms with Gasteiger partial charge in [0.2, 0.25) is 10.0 Å². The van der Waals surface area contributed by atoms with E-state index in [0.29, 0.717) is 29.6 Å². The maximum Gasteiger partial charge on any atom is 0.241 e. The number of hydrogen-bond acceptors (Lipinski definition) is 5. The summed E-state index contributed by atoms with van der Waals surface area (Å²) in [5.41, 5.74) is 1.09. The third-order valence-electron chi connectivity index (χ3n) is 4.14. The maximum atomic E-state index is 12.7. The zero-order chi connectivity index (χ0) is 20.9. The van der Waals surface area contributed by atoms with E-state index >= 15 is 0 Å². The van der Waals surface area contributed by atoms with Crippen molar-refractivity contribution < 1.29 is 22.7 Å². The molecular formula is C21H27NO5S. The van der Waals surface area contributed by atoms with Crippen LogP contribution in [0.3, 0.4) is 0 Å². The normalized spacial score (nSPS) is 12.6. The Kier molecular flexibility index (Phi) is 7.21. The fourth-order valence-electron chi connectivity index (χ4n) is 2.58. The molecule has 0 aliphatic heterocycles. The molecule has 0 unspecified atom stereocenters. The second-order valence-corrected chi connectivity index (χ2v) is 8.76. The predicted octanol–water partition coefficient (Wildman–Crippen LogP) is 3.97. The molecule has 2 aromatic carbocycles. The molecule has 1 N–H and O–H groups in total. The van der Waals surface area contributed by atoms with Crippen molar-refractivity contribution in [3.63, 3.8) is 0 Å². The summed E-state index contributed by atoms with van der Waals surface area (Å²) in [6, 6.07) is 10.8. The van der Waals surface area contributed by atoms with Gasteiger partial charge >= 0.3 is 0 Å². The first-order chi connectivity index (χ1) is 13.1. The zero-order valence-corrected chi connectivity index (χ0v) is 17.7. The molecule has 0 heterocycles. The Bertz CT molecular complexity index is 938. The number of ether oxygens (including phenoxy) is 2. The fourth-order valence-corrected chi connectivity index (χ4v) is 3.86. The van der Waals surface area contributed by atoms with Crippen LogP contribution in [0.2, 0.25) is 0 Å². The lowest BCUT2D eigenvalue weighted by Crippen LogP contribution is -2.27. The summed E-state index contributed by atoms with van der Waals surface area (Å²) in [6.07, 6.45) is 0. The molecule has 0 aliphatic rings. The van der Waals surface area contributed by atoms with Crippen LogP contribution >= 0.6 is 0 Å². The average Bonchev–Trinajstić information content (AvgIpc) is 2.65. The number of sulfonamides is 1. The molecular weight excluding hydrogens is 378 g/mol. The van der Waals surface area contributed by atoms with E-state index < -0.39 is 16.1 Å². The number of rotatable bonds is 9. The van der Waals surface area contributed by atoms with E-state index in [1.807, 2.05) is 0 Å². The molecule has 7 heteroatoms. The Hall–Kier alpha value is -2.38. The van der Waals surface area contributed by atoms with Gasteiger partial charge in [-0.15, -0.1) is 0 Å². The van der Waals surface area contributed by atoms with Crippen LogP contribution in [-0.2, 0) is 10.0 Å². The maximum absolute atomic E-state index is 12.7. The predicted molar refractivity (Wildman–Crippen MR) is 109 cm³/mol. The molecule has 0 saturated heterocycles. The van der Waals surface area contributed by atoms with Gasteiger partial charge in [0.05, 0.1) is 18.6 Å². The van der Waals surface area contributed by atoms with Gasteiger partial charge in [0.15, 0.2) is 17.3 Å². The summed E-state index contributed by atoms with van der Waals surface area (Å²) in [5.74, 6) is 1.35. The summed E-state index contributed by atoms with van der Waals surface area (Å²) >= 11 is 0. The molecule has 28 heavy (non-hydrogen) atoms. The number of hydrogen-bond donors (Lipinski definition) is 1. The summed E-state index contributed by atoms with van der Waals surface area (Å²) in [6.45, 7) is 7.81. The lowest BCUT2D eigenvalue weighted by Gasteiger charge is -2.18. The largest absolute Gasteiger partial charge is 0.493 e. The highest BCUT2D eigenvalue weighted by Gasteiger charge is 2.20. The molecule has 1 atom stereocenters. The van der Waals surface area contributed by atoms with E-state index in [2.05, 4.69) is 18.6 Å². The molecule has 0 amide bonds. The van der Waals surface area contributed by atoms with E-state index in [-0.39, 0.29) is 10.7 Å². The molecule has 0 fully saturated rings. The topological polar surface area (TPSA) is 81.7 Å². The molecule has 2 aromatic rings. The molecule has 0 radical (unpaired) electrons. The highest BCUT2D eigenvalue weighted by Crippen LogP contribution is 2.31. The van der Waals surface area contributed by atoms with Crippen LogP contribution in [0.4, 0.5) is 0 Å². The highest BCUT2D eigenvalue weighted by molar-refractivity contribution is 7.89. The third-order valence-corrected chi connectivity index (χ3v) is 5.68. The van der Waals surface area contributed by atoms with E-state index in [0.717, 1.165) is 5.56 Å². The number of carbonyl (C=O) groups is 1. The molecule has 152 valence electrons. The van der Waals surface area contributed by atoms with Gasteiger partial charge in [-0.2, -0.15) is 0 Å². The van der Waals surface area contributed by atoms with Crippen LogP contribution in [0.1, 0.15) is 49.7 Å². The Balaban J connectivity index is 2.22. The van der Waals surface area contributed by atoms with Crippen LogP contribution in [0.15, 0.2) is 47.4 Å². The first-order valence-electron chi connectivity index (χ1n) is 9.08. The van der Waals surface area contributed by atoms with Crippen LogP contribution in [0, 0.1) is 5.92 Å². The molecule has 0 saturated carbocycles. The number of nitrogens with one attached hydrogen (secondary N) is 1. The van der Waals surface area contributed by atoms with Gasteiger partial charge in [0.25, 0.3) is 0 Å². The quantitative estimate of drug-likeness (QED) is 0.638. The second-order valence-electron chi connectivity index (χ2n) is 7.04. The molecule has 0 aromatic heterocycles. The standard InChI is InChI=1S/C21H27NO5S/c1-14(2)13-27-20-10-9-17(12-21(20)26-5)15(3)22-28(24,25)19-8-6-7-18(11-19)16(4)23/h6-12,14-15,22H,13H2,1-5H3/t15-/m1/s1. The Morgan fingerprint density at radius 1 is 1.07 bits per heavy atom. The van der Waals surface area contributed by atoms with Crippen molar-refractivity contribution in [1.82, 2.24) is 4.72 Å². The zero-order valence-electron chi connectivity index (χ0n) is 16.9. The van der Waals surface area contributed by atoms with Gasteiger partial charge in [-0.3, -0.25) is 4.79 Å². The summed E-state index contributed by atoms with van der Waals surface area (Å²) < 4.78 is 39.2. The monoisotopic (exact) mass is 405 g/mol. The lowest BCUT2D eigenvalue weighted by molar-refractivity contribution is 0.101. The van der Waals surface area contributed by atoms with Crippen molar-refractivity contribution in [2.24, 2.45) is 5.92 Å². The SMILES string of the molecule is COc1cc([C@@H](C)NS(=O)(=O)c2cccc(C(C)=O)c2)ccc1OCC(C)C. The minimum atomic E-state index is -3.79. The second kappa shape index (κ2) is 9.21. The van der Waals surface area contributed by atoms with Crippen LogP contribution in [0.5, 0.6) is 11.5 Å². The summed E-state index contributed by atoms with van der Waals surface area (Å²) in [4.78, 5) is 11.6. The van der Waals surface area contributed by atoms with Crippen LogP contribution < -0.4 is 14.2 Å². The Morgan fingerprint density at radius 3 is 2.39 bits per heavy atom. The minimum Gasteiger partial charge on any atom is -0.493 e. The fraction of sp³-hybridized carbons (Fsp3) is 0.381. The number of Topliss-reactive ketones (excluding diaryl/α,β-unsaturated/α-hetero) is 1. The third kappa shape index (κ3) is 5.56. The van der Waals surface area contributed by atoms with Gasteiger partial charge < -0.3 is 9.47 Å². The van der Waals surface area contributed by atoms with Crippen molar-refractivity contribution in [3.8, 4) is 11.5 Å². The van der Waals surface area contributed by atoms with Crippen molar-refractivity contribution in [2.75, 3.05) is 13.7 Å². The minimum absolute atomic E-state index is 0.0518. The number of carbonyl (C=O) groups excluding carboxylic acids is 1. The molecule has 6 nitrogen and oxygen atoms in total. The van der Waals surface area contributed by atoms with E-state index in [1.165, 1.54) is 19.1 Å². The number of ketones is 1. The van der Waals surface area contributed by atoms with Crippen LogP contribution in [-0.4, -0.2) is 27.9 Å². The highest BCUT2D eigenvalue weighted by atomic mass is 32.2. The summed E-state index contributed by atoms with van der Waals surface area (Å²) in [5, 5.41) is 0. The first kappa shape index (κ1) is 21.9. The van der Waals surface area contributed by atoms with Gasteiger partial charge in [-0.1, -0.05) is 32.0 Å². The van der Waals surface area contributed by atoms with Gasteiger partial charge in [0, 0.05) is 11.6 Å².